The molecule has 1 amide bonds. The fourth-order valence-electron chi connectivity index (χ4n) is 2.81. The van der Waals surface area contributed by atoms with Crippen LogP contribution in [0, 0.1) is 5.92 Å². The van der Waals surface area contributed by atoms with Gasteiger partial charge in [-0.3, -0.25) is 4.79 Å². The molecule has 1 N–H and O–H groups in total. The first-order chi connectivity index (χ1) is 9.84. The minimum Gasteiger partial charge on any atom is -0.497 e. The number of carbonyl (C=O) groups excluding carboxylic acids is 1. The maximum atomic E-state index is 12.9. The molecule has 1 unspecified atom stereocenters. The fraction of sp³-hybridized carbons (Fsp3) is 0.588. The number of amides is 1. The van der Waals surface area contributed by atoms with Crippen molar-refractivity contribution in [3.63, 3.8) is 0 Å². The first-order valence-corrected chi connectivity index (χ1v) is 7.54. The van der Waals surface area contributed by atoms with E-state index in [1.807, 2.05) is 29.2 Å². The molecule has 0 radical (unpaired) electrons. The van der Waals surface area contributed by atoms with E-state index >= 15 is 0 Å². The van der Waals surface area contributed by atoms with Crippen molar-refractivity contribution in [2.24, 2.45) is 5.92 Å². The second-order valence-corrected chi connectivity index (χ2v) is 6.74. The lowest BCUT2D eigenvalue weighted by atomic mass is 9.92. The Kier molecular flexibility index (Phi) is 4.57. The molecular weight excluding hydrogens is 264 g/mol. The maximum Gasteiger partial charge on any atom is 0.254 e. The van der Waals surface area contributed by atoms with E-state index in [-0.39, 0.29) is 17.5 Å². The van der Waals surface area contributed by atoms with Crippen molar-refractivity contribution < 1.29 is 9.53 Å². The van der Waals surface area contributed by atoms with Crippen LogP contribution in [0.1, 0.15) is 38.1 Å². The Morgan fingerprint density at radius 3 is 2.48 bits per heavy atom. The molecule has 0 saturated carbocycles. The molecule has 0 bridgehead atoms. The van der Waals surface area contributed by atoms with Gasteiger partial charge in [-0.1, -0.05) is 13.8 Å². The molecule has 2 rings (SSSR count). The van der Waals surface area contributed by atoms with Crippen LogP contribution in [0.4, 0.5) is 0 Å². The van der Waals surface area contributed by atoms with Gasteiger partial charge in [0, 0.05) is 30.2 Å². The van der Waals surface area contributed by atoms with Gasteiger partial charge in [-0.25, -0.2) is 0 Å². The summed E-state index contributed by atoms with van der Waals surface area (Å²) in [4.78, 5) is 14.9. The van der Waals surface area contributed by atoms with Crippen LogP contribution in [0.2, 0.25) is 0 Å². The molecular formula is C17H26N2O2. The molecule has 1 aromatic carbocycles. The number of nitrogens with zero attached hydrogens (tertiary/aromatic N) is 1. The second-order valence-electron chi connectivity index (χ2n) is 6.74. The number of carbonyl (C=O) groups is 1. The lowest BCUT2D eigenvalue weighted by molar-refractivity contribution is 0.0417. The highest BCUT2D eigenvalue weighted by atomic mass is 16.5. The number of hydrogen-bond donors (Lipinski definition) is 1. The molecule has 1 aromatic rings. The zero-order valence-electron chi connectivity index (χ0n) is 13.6. The van der Waals surface area contributed by atoms with Gasteiger partial charge in [-0.15, -0.1) is 0 Å². The van der Waals surface area contributed by atoms with Crippen LogP contribution < -0.4 is 10.1 Å². The molecule has 1 fully saturated rings. The van der Waals surface area contributed by atoms with Gasteiger partial charge in [0.2, 0.25) is 0 Å². The molecule has 0 spiro atoms. The van der Waals surface area contributed by atoms with E-state index in [2.05, 4.69) is 33.0 Å². The van der Waals surface area contributed by atoms with Gasteiger partial charge in [0.15, 0.2) is 0 Å². The fourth-order valence-corrected chi connectivity index (χ4v) is 2.81. The quantitative estimate of drug-likeness (QED) is 0.930. The largest absolute Gasteiger partial charge is 0.497 e. The van der Waals surface area contributed by atoms with Crippen molar-refractivity contribution in [1.82, 2.24) is 10.2 Å². The number of methoxy groups -OCH3 is 1. The molecule has 4 nitrogen and oxygen atoms in total. The van der Waals surface area contributed by atoms with E-state index in [1.165, 1.54) is 0 Å². The average molecular weight is 290 g/mol. The Hall–Kier alpha value is -1.55. The number of rotatable bonds is 3. The van der Waals surface area contributed by atoms with Gasteiger partial charge < -0.3 is 15.0 Å². The molecule has 1 aliphatic rings. The third-order valence-electron chi connectivity index (χ3n) is 4.12. The first kappa shape index (κ1) is 15.8. The van der Waals surface area contributed by atoms with Gasteiger partial charge in [-0.05, 0) is 44.0 Å². The third-order valence-corrected chi connectivity index (χ3v) is 4.12. The molecule has 116 valence electrons. The highest BCUT2D eigenvalue weighted by Crippen LogP contribution is 2.23. The topological polar surface area (TPSA) is 41.6 Å². The summed E-state index contributed by atoms with van der Waals surface area (Å²) in [6.07, 6.45) is 0. The van der Waals surface area contributed by atoms with E-state index < -0.39 is 0 Å². The summed E-state index contributed by atoms with van der Waals surface area (Å²) in [6.45, 7) is 10.2. The van der Waals surface area contributed by atoms with Crippen molar-refractivity contribution in [1.29, 1.82) is 0 Å². The Morgan fingerprint density at radius 1 is 1.33 bits per heavy atom. The summed E-state index contributed by atoms with van der Waals surface area (Å²) in [6, 6.07) is 7.59. The van der Waals surface area contributed by atoms with E-state index in [4.69, 9.17) is 4.74 Å². The van der Waals surface area contributed by atoms with Crippen molar-refractivity contribution in [2.45, 2.75) is 39.3 Å². The predicted octanol–water partition coefficient (Wildman–Crippen LogP) is 2.54. The molecule has 1 atom stereocenters. The van der Waals surface area contributed by atoms with E-state index in [0.29, 0.717) is 5.92 Å². The summed E-state index contributed by atoms with van der Waals surface area (Å²) < 4.78 is 5.15. The Labute approximate surface area is 127 Å². The number of benzene rings is 1. The Morgan fingerprint density at radius 2 is 1.95 bits per heavy atom. The third kappa shape index (κ3) is 3.56. The number of piperazine rings is 1. The van der Waals surface area contributed by atoms with Gasteiger partial charge in [0.25, 0.3) is 5.91 Å². The average Bonchev–Trinajstić information content (AvgIpc) is 2.45. The monoisotopic (exact) mass is 290 g/mol. The lowest BCUT2D eigenvalue weighted by Crippen LogP contribution is -2.64. The van der Waals surface area contributed by atoms with Crippen LogP contribution >= 0.6 is 0 Å². The highest BCUT2D eigenvalue weighted by Gasteiger charge is 2.36. The van der Waals surface area contributed by atoms with E-state index in [0.717, 1.165) is 24.4 Å². The second kappa shape index (κ2) is 6.06. The van der Waals surface area contributed by atoms with Gasteiger partial charge in [0.05, 0.1) is 7.11 Å². The first-order valence-electron chi connectivity index (χ1n) is 7.54. The van der Waals surface area contributed by atoms with Gasteiger partial charge >= 0.3 is 0 Å². The van der Waals surface area contributed by atoms with Crippen molar-refractivity contribution in [3.8, 4) is 5.75 Å². The van der Waals surface area contributed by atoms with Crippen molar-refractivity contribution >= 4 is 5.91 Å². The normalized spacial score (nSPS) is 21.4. The number of nitrogens with one attached hydrogen (secondary N) is 1. The summed E-state index contributed by atoms with van der Waals surface area (Å²) in [5.41, 5.74) is 0.673. The lowest BCUT2D eigenvalue weighted by Gasteiger charge is -2.46. The van der Waals surface area contributed by atoms with Crippen LogP contribution in [-0.4, -0.2) is 42.6 Å². The molecule has 21 heavy (non-hydrogen) atoms. The summed E-state index contributed by atoms with van der Waals surface area (Å²) in [5, 5.41) is 3.53. The summed E-state index contributed by atoms with van der Waals surface area (Å²) in [5.74, 6) is 1.30. The van der Waals surface area contributed by atoms with E-state index in [1.54, 1.807) is 7.11 Å². The standard InChI is InChI=1S/C17H26N2O2/c1-12(2)15-10-18-17(3,4)11-19(15)16(20)13-6-8-14(21-5)9-7-13/h6-9,12,15,18H,10-11H2,1-5H3. The van der Waals surface area contributed by atoms with Crippen LogP contribution in [0.25, 0.3) is 0 Å². The van der Waals surface area contributed by atoms with Crippen LogP contribution in [-0.2, 0) is 0 Å². The molecule has 1 saturated heterocycles. The zero-order valence-corrected chi connectivity index (χ0v) is 13.6. The van der Waals surface area contributed by atoms with Crippen LogP contribution in [0.15, 0.2) is 24.3 Å². The number of hydrogen-bond acceptors (Lipinski definition) is 3. The van der Waals surface area contributed by atoms with Gasteiger partial charge in [0.1, 0.15) is 5.75 Å². The minimum absolute atomic E-state index is 0.0481. The zero-order chi connectivity index (χ0) is 15.6. The SMILES string of the molecule is COc1ccc(C(=O)N2CC(C)(C)NCC2C(C)C)cc1. The Balaban J connectivity index is 2.23. The molecule has 0 aromatic heterocycles. The van der Waals surface area contributed by atoms with E-state index in [9.17, 15) is 4.79 Å². The molecule has 0 aliphatic carbocycles. The highest BCUT2D eigenvalue weighted by molar-refractivity contribution is 5.94. The smallest absolute Gasteiger partial charge is 0.254 e. The van der Waals surface area contributed by atoms with Crippen molar-refractivity contribution in [3.05, 3.63) is 29.8 Å². The molecule has 4 heteroatoms. The molecule has 1 heterocycles. The summed E-state index contributed by atoms with van der Waals surface area (Å²) >= 11 is 0. The van der Waals surface area contributed by atoms with Crippen molar-refractivity contribution in [2.75, 3.05) is 20.2 Å². The van der Waals surface area contributed by atoms with Crippen LogP contribution in [0.3, 0.4) is 0 Å². The number of ether oxygens (including phenoxy) is 1. The molecule has 1 aliphatic heterocycles. The predicted molar refractivity (Wildman–Crippen MR) is 84.7 cm³/mol. The maximum absolute atomic E-state index is 12.9. The Bertz CT molecular complexity index is 494. The minimum atomic E-state index is -0.0481. The van der Waals surface area contributed by atoms with Crippen LogP contribution in [0.5, 0.6) is 5.75 Å². The summed E-state index contributed by atoms with van der Waals surface area (Å²) in [7, 11) is 1.63. The van der Waals surface area contributed by atoms with Gasteiger partial charge in [-0.2, -0.15) is 0 Å².